The Morgan fingerprint density at radius 3 is 2.00 bits per heavy atom. The average Bonchev–Trinajstić information content (AvgIpc) is 2.60. The van der Waals surface area contributed by atoms with Crippen LogP contribution in [0, 0.1) is 41.5 Å². The summed E-state index contributed by atoms with van der Waals surface area (Å²) in [5.74, 6) is 0.0674. The van der Waals surface area contributed by atoms with Gasteiger partial charge in [0.2, 0.25) is 0 Å². The Labute approximate surface area is 126 Å². The van der Waals surface area contributed by atoms with Gasteiger partial charge in [-0.2, -0.15) is 5.10 Å². The van der Waals surface area contributed by atoms with Gasteiger partial charge in [-0.15, -0.1) is 0 Å². The van der Waals surface area contributed by atoms with Gasteiger partial charge in [0, 0.05) is 11.4 Å². The maximum Gasteiger partial charge on any atom is 0.0649 e. The Morgan fingerprint density at radius 1 is 0.952 bits per heavy atom. The minimum Gasteiger partial charge on any atom is -0.872 e. The summed E-state index contributed by atoms with van der Waals surface area (Å²) in [6, 6.07) is 3.83. The molecular formula is C18H23N2O-. The van der Waals surface area contributed by atoms with Crippen LogP contribution in [-0.4, -0.2) is 10.4 Å². The zero-order valence-electron chi connectivity index (χ0n) is 14.0. The topological polar surface area (TPSA) is 40.3 Å². The summed E-state index contributed by atoms with van der Waals surface area (Å²) in [5.41, 5.74) is 8.07. The molecule has 0 bridgehead atoms. The summed E-state index contributed by atoms with van der Waals surface area (Å²) >= 11 is 0. The minimum atomic E-state index is 0.0674. The zero-order valence-corrected chi connectivity index (χ0v) is 14.0. The van der Waals surface area contributed by atoms with Crippen LogP contribution in [0.25, 0.3) is 0 Å². The molecule has 2 rings (SSSR count). The van der Waals surface area contributed by atoms with Crippen molar-refractivity contribution in [2.75, 3.05) is 0 Å². The number of nitrogens with zero attached hydrogens (tertiary/aromatic N) is 2. The Kier molecular flexibility index (Phi) is 3.95. The zero-order chi connectivity index (χ0) is 15.9. The fourth-order valence-corrected chi connectivity index (χ4v) is 2.69. The molecule has 1 aromatic heterocycles. The molecule has 0 atom stereocenters. The molecule has 0 spiro atoms. The fourth-order valence-electron chi connectivity index (χ4n) is 2.69. The van der Waals surface area contributed by atoms with Gasteiger partial charge in [-0.3, -0.25) is 0 Å². The Hall–Kier alpha value is -2.03. The molecule has 1 heterocycles. The SMILES string of the molecule is C/C(=N/n1c(C)c(C)c(C)c1C)c1cc(C)cc(C)c1[O-]. The van der Waals surface area contributed by atoms with Crippen molar-refractivity contribution in [2.45, 2.75) is 48.5 Å². The molecule has 0 aliphatic carbocycles. The second-order valence-corrected chi connectivity index (χ2v) is 5.88. The summed E-state index contributed by atoms with van der Waals surface area (Å²) in [7, 11) is 0. The molecule has 21 heavy (non-hydrogen) atoms. The van der Waals surface area contributed by atoms with Gasteiger partial charge in [0.1, 0.15) is 0 Å². The van der Waals surface area contributed by atoms with Gasteiger partial charge < -0.3 is 5.11 Å². The second-order valence-electron chi connectivity index (χ2n) is 5.88. The Balaban J connectivity index is 2.60. The summed E-state index contributed by atoms with van der Waals surface area (Å²) < 4.78 is 1.94. The molecule has 0 amide bonds. The van der Waals surface area contributed by atoms with Crippen LogP contribution < -0.4 is 5.11 Å². The van der Waals surface area contributed by atoms with Crippen molar-refractivity contribution in [3.63, 3.8) is 0 Å². The molecule has 0 fully saturated rings. The maximum atomic E-state index is 12.3. The highest BCUT2D eigenvalue weighted by molar-refractivity contribution is 6.01. The van der Waals surface area contributed by atoms with E-state index >= 15 is 0 Å². The number of rotatable bonds is 2. The first-order chi connectivity index (χ1) is 9.73. The molecule has 112 valence electrons. The molecule has 0 saturated carbocycles. The molecule has 0 aliphatic heterocycles. The monoisotopic (exact) mass is 283 g/mol. The lowest BCUT2D eigenvalue weighted by Crippen LogP contribution is -2.08. The van der Waals surface area contributed by atoms with Gasteiger partial charge in [-0.25, -0.2) is 4.68 Å². The second kappa shape index (κ2) is 5.40. The third kappa shape index (κ3) is 2.60. The smallest absolute Gasteiger partial charge is 0.0649 e. The number of aryl methyl sites for hydroxylation is 2. The normalized spacial score (nSPS) is 12.0. The lowest BCUT2D eigenvalue weighted by molar-refractivity contribution is -0.269. The molecule has 3 heteroatoms. The van der Waals surface area contributed by atoms with E-state index in [2.05, 4.69) is 32.8 Å². The first-order valence-electron chi connectivity index (χ1n) is 7.23. The Morgan fingerprint density at radius 2 is 1.48 bits per heavy atom. The first kappa shape index (κ1) is 15.4. The third-order valence-electron chi connectivity index (χ3n) is 4.34. The van der Waals surface area contributed by atoms with Crippen molar-refractivity contribution in [2.24, 2.45) is 5.10 Å². The predicted octanol–water partition coefficient (Wildman–Crippen LogP) is 3.68. The molecule has 0 radical (unpaired) electrons. The quantitative estimate of drug-likeness (QED) is 0.775. The van der Waals surface area contributed by atoms with Crippen molar-refractivity contribution >= 4 is 5.71 Å². The number of aromatic nitrogens is 1. The van der Waals surface area contributed by atoms with Gasteiger partial charge >= 0.3 is 0 Å². The van der Waals surface area contributed by atoms with Crippen LogP contribution in [0.3, 0.4) is 0 Å². The van der Waals surface area contributed by atoms with E-state index in [0.29, 0.717) is 5.56 Å². The Bertz CT molecular complexity index is 711. The fraction of sp³-hybridized carbons (Fsp3) is 0.389. The van der Waals surface area contributed by atoms with Crippen molar-refractivity contribution in [3.8, 4) is 5.75 Å². The highest BCUT2D eigenvalue weighted by Gasteiger charge is 2.11. The molecule has 0 aliphatic rings. The summed E-state index contributed by atoms with van der Waals surface area (Å²) in [4.78, 5) is 0. The van der Waals surface area contributed by atoms with Crippen molar-refractivity contribution in [1.29, 1.82) is 0 Å². The van der Waals surface area contributed by atoms with E-state index in [0.717, 1.165) is 28.2 Å². The van der Waals surface area contributed by atoms with Gasteiger partial charge in [-0.1, -0.05) is 29.0 Å². The van der Waals surface area contributed by atoms with Gasteiger partial charge in [0.25, 0.3) is 0 Å². The molecule has 1 aromatic carbocycles. The van der Waals surface area contributed by atoms with E-state index < -0.39 is 0 Å². The number of benzene rings is 1. The van der Waals surface area contributed by atoms with Crippen molar-refractivity contribution < 1.29 is 5.11 Å². The third-order valence-corrected chi connectivity index (χ3v) is 4.34. The molecule has 0 saturated heterocycles. The van der Waals surface area contributed by atoms with Crippen LogP contribution in [0.4, 0.5) is 0 Å². The van der Waals surface area contributed by atoms with E-state index in [1.165, 1.54) is 11.1 Å². The van der Waals surface area contributed by atoms with Crippen LogP contribution in [0.5, 0.6) is 5.75 Å². The van der Waals surface area contributed by atoms with E-state index in [9.17, 15) is 5.11 Å². The van der Waals surface area contributed by atoms with Crippen LogP contribution in [0.2, 0.25) is 0 Å². The van der Waals surface area contributed by atoms with E-state index in [-0.39, 0.29) is 5.75 Å². The average molecular weight is 283 g/mol. The summed E-state index contributed by atoms with van der Waals surface area (Å²) in [5, 5.41) is 17.0. The van der Waals surface area contributed by atoms with E-state index in [1.54, 1.807) is 0 Å². The van der Waals surface area contributed by atoms with Crippen LogP contribution in [0.15, 0.2) is 17.2 Å². The maximum absolute atomic E-state index is 12.3. The van der Waals surface area contributed by atoms with Crippen LogP contribution in [0.1, 0.15) is 46.1 Å². The standard InChI is InChI=1S/C18H24N2O/c1-10-8-11(2)18(21)17(9-10)14(5)19-20-15(6)12(3)13(4)16(20)7/h8-9,21H,1-7H3/p-1/b19-14-. The highest BCUT2D eigenvalue weighted by atomic mass is 16.3. The van der Waals surface area contributed by atoms with E-state index in [4.69, 9.17) is 0 Å². The molecule has 2 aromatic rings. The van der Waals surface area contributed by atoms with Gasteiger partial charge in [0.15, 0.2) is 0 Å². The molecule has 0 N–H and O–H groups in total. The summed E-state index contributed by atoms with van der Waals surface area (Å²) in [6.45, 7) is 14.1. The van der Waals surface area contributed by atoms with Crippen LogP contribution in [-0.2, 0) is 0 Å². The summed E-state index contributed by atoms with van der Waals surface area (Å²) in [6.07, 6.45) is 0. The predicted molar refractivity (Wildman–Crippen MR) is 86.4 cm³/mol. The first-order valence-corrected chi connectivity index (χ1v) is 7.23. The van der Waals surface area contributed by atoms with Gasteiger partial charge in [-0.05, 0) is 65.2 Å². The lowest BCUT2D eigenvalue weighted by atomic mass is 10.0. The van der Waals surface area contributed by atoms with Crippen molar-refractivity contribution in [1.82, 2.24) is 4.68 Å². The largest absolute Gasteiger partial charge is 0.872 e. The van der Waals surface area contributed by atoms with Crippen LogP contribution >= 0.6 is 0 Å². The number of hydrogen-bond donors (Lipinski definition) is 0. The van der Waals surface area contributed by atoms with E-state index in [1.807, 2.05) is 37.6 Å². The molecule has 0 unspecified atom stereocenters. The number of hydrogen-bond acceptors (Lipinski definition) is 2. The highest BCUT2D eigenvalue weighted by Crippen LogP contribution is 2.24. The molecule has 3 nitrogen and oxygen atoms in total. The minimum absolute atomic E-state index is 0.0674. The van der Waals surface area contributed by atoms with Crippen molar-refractivity contribution in [3.05, 3.63) is 51.3 Å². The lowest BCUT2D eigenvalue weighted by Gasteiger charge is -2.18. The van der Waals surface area contributed by atoms with Gasteiger partial charge in [0.05, 0.1) is 5.71 Å². The molecular weight excluding hydrogens is 260 g/mol.